The Morgan fingerprint density at radius 3 is 2.25 bits per heavy atom. The van der Waals surface area contributed by atoms with E-state index in [1.807, 2.05) is 19.1 Å². The molecule has 1 aromatic rings. The highest BCUT2D eigenvalue weighted by atomic mass is 32.2. The Morgan fingerprint density at radius 1 is 1.25 bits per heavy atom. The van der Waals surface area contributed by atoms with Crippen LogP contribution in [-0.4, -0.2) is 14.2 Å². The van der Waals surface area contributed by atoms with Crippen molar-refractivity contribution in [3.8, 4) is 0 Å². The summed E-state index contributed by atoms with van der Waals surface area (Å²) in [5.74, 6) is 0.0726. The molecule has 3 N–H and O–H groups in total. The lowest BCUT2D eigenvalue weighted by Gasteiger charge is -2.10. The summed E-state index contributed by atoms with van der Waals surface area (Å²) in [6, 6.07) is 7.18. The molecule has 0 spiro atoms. The number of hydrogen-bond donors (Lipinski definition) is 2. The highest BCUT2D eigenvalue weighted by Gasteiger charge is 2.07. The fraction of sp³-hybridized carbons (Fsp3) is 0.455. The molecule has 0 aliphatic heterocycles. The highest BCUT2D eigenvalue weighted by Crippen LogP contribution is 2.17. The third kappa shape index (κ3) is 3.50. The maximum atomic E-state index is 11.3. The topological polar surface area (TPSA) is 72.2 Å². The summed E-state index contributed by atoms with van der Waals surface area (Å²) < 4.78 is 25.1. The van der Waals surface area contributed by atoms with Crippen LogP contribution in [-0.2, 0) is 10.0 Å². The molecule has 0 bridgehead atoms. The number of nitrogens with one attached hydrogen (secondary N) is 1. The molecule has 0 aliphatic carbocycles. The van der Waals surface area contributed by atoms with Crippen LogP contribution in [0.3, 0.4) is 0 Å². The van der Waals surface area contributed by atoms with Gasteiger partial charge in [-0.1, -0.05) is 19.1 Å². The average molecular weight is 242 g/mol. The molecule has 0 aliphatic rings. The molecule has 0 unspecified atom stereocenters. The van der Waals surface area contributed by atoms with E-state index in [0.29, 0.717) is 5.69 Å². The molecule has 0 aromatic heterocycles. The fourth-order valence-electron chi connectivity index (χ4n) is 1.29. The van der Waals surface area contributed by atoms with Gasteiger partial charge in [0.1, 0.15) is 0 Å². The van der Waals surface area contributed by atoms with Gasteiger partial charge < -0.3 is 5.73 Å². The molecule has 16 heavy (non-hydrogen) atoms. The average Bonchev–Trinajstić information content (AvgIpc) is 2.28. The van der Waals surface area contributed by atoms with Gasteiger partial charge in [-0.3, -0.25) is 4.72 Å². The van der Waals surface area contributed by atoms with Crippen molar-refractivity contribution in [2.75, 3.05) is 10.5 Å². The van der Waals surface area contributed by atoms with E-state index in [4.69, 9.17) is 5.73 Å². The van der Waals surface area contributed by atoms with Gasteiger partial charge in [0.2, 0.25) is 10.0 Å². The highest BCUT2D eigenvalue weighted by molar-refractivity contribution is 7.92. The molecule has 0 saturated carbocycles. The van der Waals surface area contributed by atoms with Gasteiger partial charge in [0, 0.05) is 11.7 Å². The summed E-state index contributed by atoms with van der Waals surface area (Å²) in [4.78, 5) is 0. The van der Waals surface area contributed by atoms with Crippen LogP contribution in [0.1, 0.15) is 31.9 Å². The van der Waals surface area contributed by atoms with E-state index in [9.17, 15) is 8.42 Å². The van der Waals surface area contributed by atoms with Crippen LogP contribution in [0.2, 0.25) is 0 Å². The Kier molecular flexibility index (Phi) is 4.32. The lowest BCUT2D eigenvalue weighted by molar-refractivity contribution is 0.602. The lowest BCUT2D eigenvalue weighted by Crippen LogP contribution is -2.14. The molecule has 5 heteroatoms. The van der Waals surface area contributed by atoms with Gasteiger partial charge in [0.15, 0.2) is 0 Å². The fourth-order valence-corrected chi connectivity index (χ4v) is 1.93. The zero-order chi connectivity index (χ0) is 12.2. The summed E-state index contributed by atoms with van der Waals surface area (Å²) in [6.45, 7) is 3.61. The van der Waals surface area contributed by atoms with E-state index in [-0.39, 0.29) is 11.8 Å². The number of benzene rings is 1. The van der Waals surface area contributed by atoms with Crippen molar-refractivity contribution in [3.63, 3.8) is 0 Å². The molecular weight excluding hydrogens is 224 g/mol. The van der Waals surface area contributed by atoms with Crippen molar-refractivity contribution >= 4 is 15.7 Å². The zero-order valence-electron chi connectivity index (χ0n) is 9.60. The summed E-state index contributed by atoms with van der Waals surface area (Å²) in [5, 5.41) is 0. The molecule has 90 valence electrons. The summed E-state index contributed by atoms with van der Waals surface area (Å²) in [5.41, 5.74) is 7.45. The second-order valence-corrected chi connectivity index (χ2v) is 5.65. The predicted molar refractivity (Wildman–Crippen MR) is 66.7 cm³/mol. The minimum atomic E-state index is -3.19. The summed E-state index contributed by atoms with van der Waals surface area (Å²) >= 11 is 0. The second-order valence-electron chi connectivity index (χ2n) is 3.64. The van der Waals surface area contributed by atoms with Gasteiger partial charge >= 0.3 is 0 Å². The molecule has 1 aromatic carbocycles. The molecule has 0 radical (unpaired) electrons. The molecule has 1 rings (SSSR count). The summed E-state index contributed by atoms with van der Waals surface area (Å²) in [7, 11) is -3.19. The van der Waals surface area contributed by atoms with Crippen molar-refractivity contribution in [1.29, 1.82) is 0 Å². The van der Waals surface area contributed by atoms with Crippen LogP contribution in [0.15, 0.2) is 24.3 Å². The molecule has 0 heterocycles. The largest absolute Gasteiger partial charge is 0.324 e. The molecule has 4 nitrogen and oxygen atoms in total. The Balaban J connectivity index is 2.80. The quantitative estimate of drug-likeness (QED) is 0.827. The Bertz CT molecular complexity index is 426. The van der Waals surface area contributed by atoms with E-state index >= 15 is 0 Å². The van der Waals surface area contributed by atoms with Crippen LogP contribution in [0, 0.1) is 0 Å². The van der Waals surface area contributed by atoms with E-state index in [2.05, 4.69) is 4.72 Å². The van der Waals surface area contributed by atoms with Crippen molar-refractivity contribution in [1.82, 2.24) is 0 Å². The van der Waals surface area contributed by atoms with Gasteiger partial charge in [-0.2, -0.15) is 0 Å². The van der Waals surface area contributed by atoms with Crippen LogP contribution in [0.5, 0.6) is 0 Å². The monoisotopic (exact) mass is 242 g/mol. The van der Waals surface area contributed by atoms with E-state index in [0.717, 1.165) is 12.0 Å². The first-order chi connectivity index (χ1) is 7.48. The maximum absolute atomic E-state index is 11.3. The minimum Gasteiger partial charge on any atom is -0.324 e. The first-order valence-electron chi connectivity index (χ1n) is 5.34. The van der Waals surface area contributed by atoms with Crippen LogP contribution in [0.4, 0.5) is 5.69 Å². The van der Waals surface area contributed by atoms with Gasteiger partial charge in [-0.05, 0) is 31.0 Å². The lowest BCUT2D eigenvalue weighted by atomic mass is 10.1. The van der Waals surface area contributed by atoms with E-state index < -0.39 is 10.0 Å². The number of nitrogens with two attached hydrogens (primary N) is 1. The van der Waals surface area contributed by atoms with E-state index in [1.165, 1.54) is 0 Å². The van der Waals surface area contributed by atoms with Crippen LogP contribution >= 0.6 is 0 Å². The van der Waals surface area contributed by atoms with Crippen molar-refractivity contribution in [2.24, 2.45) is 5.73 Å². The molecule has 0 saturated heterocycles. The smallest absolute Gasteiger partial charge is 0.232 e. The molecule has 0 fully saturated rings. The Labute approximate surface area is 96.9 Å². The van der Waals surface area contributed by atoms with Gasteiger partial charge in [0.25, 0.3) is 0 Å². The second kappa shape index (κ2) is 5.32. The first kappa shape index (κ1) is 13.0. The van der Waals surface area contributed by atoms with Gasteiger partial charge in [-0.15, -0.1) is 0 Å². The number of sulfonamides is 1. The van der Waals surface area contributed by atoms with Crippen LogP contribution < -0.4 is 10.5 Å². The molecule has 0 amide bonds. The van der Waals surface area contributed by atoms with Crippen molar-refractivity contribution in [2.45, 2.75) is 26.3 Å². The predicted octanol–water partition coefficient (Wildman–Crippen LogP) is 1.86. The van der Waals surface area contributed by atoms with Gasteiger partial charge in [0.05, 0.1) is 5.75 Å². The third-order valence-electron chi connectivity index (χ3n) is 2.43. The minimum absolute atomic E-state index is 0.0110. The standard InChI is InChI=1S/C11H18N2O2S/c1-3-11(12)9-5-7-10(8-6-9)13-16(14,15)4-2/h5-8,11,13H,3-4,12H2,1-2H3/t11-/m0/s1. The Hall–Kier alpha value is -1.07. The van der Waals surface area contributed by atoms with Crippen molar-refractivity contribution in [3.05, 3.63) is 29.8 Å². The number of rotatable bonds is 5. The first-order valence-corrected chi connectivity index (χ1v) is 6.99. The summed E-state index contributed by atoms with van der Waals surface area (Å²) in [6.07, 6.45) is 0.861. The molecule has 1 atom stereocenters. The Morgan fingerprint density at radius 2 is 1.81 bits per heavy atom. The van der Waals surface area contributed by atoms with Gasteiger partial charge in [-0.25, -0.2) is 8.42 Å². The SMILES string of the molecule is CC[C@H](N)c1ccc(NS(=O)(=O)CC)cc1. The maximum Gasteiger partial charge on any atom is 0.232 e. The number of hydrogen-bond acceptors (Lipinski definition) is 3. The number of anilines is 1. The van der Waals surface area contributed by atoms with E-state index in [1.54, 1.807) is 19.1 Å². The normalized spacial score (nSPS) is 13.4. The van der Waals surface area contributed by atoms with Crippen LogP contribution in [0.25, 0.3) is 0 Å². The third-order valence-corrected chi connectivity index (χ3v) is 3.74. The molecular formula is C11H18N2O2S. The zero-order valence-corrected chi connectivity index (χ0v) is 10.4. The van der Waals surface area contributed by atoms with Crippen molar-refractivity contribution < 1.29 is 8.42 Å².